The Balaban J connectivity index is 1.65. The zero-order valence-electron chi connectivity index (χ0n) is 14.5. The quantitative estimate of drug-likeness (QED) is 0.635. The summed E-state index contributed by atoms with van der Waals surface area (Å²) in [6, 6.07) is 10.3. The lowest BCUT2D eigenvalue weighted by molar-refractivity contribution is -0.126. The molecule has 1 fully saturated rings. The average Bonchev–Trinajstić information content (AvgIpc) is 2.61. The van der Waals surface area contributed by atoms with Gasteiger partial charge in [0.1, 0.15) is 0 Å². The van der Waals surface area contributed by atoms with Crippen LogP contribution in [0.5, 0.6) is 0 Å². The van der Waals surface area contributed by atoms with Crippen molar-refractivity contribution in [1.82, 2.24) is 15.1 Å². The maximum Gasteiger partial charge on any atom is 0.319 e. The number of hydrogen-bond acceptors (Lipinski definition) is 3. The lowest BCUT2D eigenvalue weighted by atomic mass is 9.97. The molecular formula is C18H27N3O2S. The molecule has 1 heterocycles. The molecule has 1 aromatic rings. The number of benzene rings is 1. The van der Waals surface area contributed by atoms with Gasteiger partial charge in [0, 0.05) is 38.6 Å². The van der Waals surface area contributed by atoms with Gasteiger partial charge in [-0.2, -0.15) is 0 Å². The van der Waals surface area contributed by atoms with Crippen LogP contribution in [0.3, 0.4) is 0 Å². The third-order valence-corrected chi connectivity index (χ3v) is 5.18. The Morgan fingerprint density at radius 3 is 2.75 bits per heavy atom. The van der Waals surface area contributed by atoms with Gasteiger partial charge in [0.25, 0.3) is 0 Å². The lowest BCUT2D eigenvalue weighted by Gasteiger charge is -2.33. The number of likely N-dealkylation sites (tertiary alicyclic amines) is 1. The van der Waals surface area contributed by atoms with Gasteiger partial charge >= 0.3 is 6.03 Å². The van der Waals surface area contributed by atoms with Crippen LogP contribution in [0.4, 0.5) is 4.79 Å². The minimum atomic E-state index is -0.0792. The second kappa shape index (κ2) is 9.57. The van der Waals surface area contributed by atoms with Crippen LogP contribution >= 0.6 is 11.8 Å². The summed E-state index contributed by atoms with van der Waals surface area (Å²) in [5, 5.41) is 3.02. The van der Waals surface area contributed by atoms with E-state index < -0.39 is 0 Å². The predicted octanol–water partition coefficient (Wildman–Crippen LogP) is 2.68. The van der Waals surface area contributed by atoms with E-state index in [2.05, 4.69) is 17.4 Å². The van der Waals surface area contributed by atoms with Gasteiger partial charge in [0.2, 0.25) is 5.91 Å². The summed E-state index contributed by atoms with van der Waals surface area (Å²) < 4.78 is 0. The molecule has 6 heteroatoms. The molecule has 0 unspecified atom stereocenters. The molecular weight excluding hydrogens is 322 g/mol. The first kappa shape index (κ1) is 18.6. The summed E-state index contributed by atoms with van der Waals surface area (Å²) in [5.74, 6) is 0.987. The van der Waals surface area contributed by atoms with Crippen LogP contribution in [0, 0.1) is 5.92 Å². The maximum absolute atomic E-state index is 12.3. The van der Waals surface area contributed by atoms with Crippen molar-refractivity contribution < 1.29 is 9.59 Å². The highest BCUT2D eigenvalue weighted by atomic mass is 32.2. The smallest absolute Gasteiger partial charge is 0.319 e. The first-order valence-electron chi connectivity index (χ1n) is 8.49. The molecule has 132 valence electrons. The van der Waals surface area contributed by atoms with Crippen molar-refractivity contribution in [1.29, 1.82) is 0 Å². The minimum Gasteiger partial charge on any atom is -0.356 e. The van der Waals surface area contributed by atoms with Crippen LogP contribution in [0.1, 0.15) is 19.3 Å². The average molecular weight is 350 g/mol. The van der Waals surface area contributed by atoms with Crippen molar-refractivity contribution in [2.45, 2.75) is 24.2 Å². The van der Waals surface area contributed by atoms with E-state index in [1.165, 1.54) is 4.90 Å². The van der Waals surface area contributed by atoms with Gasteiger partial charge in [-0.1, -0.05) is 18.2 Å². The fraction of sp³-hybridized carbons (Fsp3) is 0.556. The van der Waals surface area contributed by atoms with Crippen molar-refractivity contribution in [3.8, 4) is 0 Å². The molecule has 1 aliphatic heterocycles. The number of urea groups is 1. The normalized spacial score (nSPS) is 17.4. The SMILES string of the molecule is CN(C)C(=O)N1CCC[C@@H](C(=O)NCCCSc2ccccc2)C1. The van der Waals surface area contributed by atoms with E-state index in [1.54, 1.807) is 35.7 Å². The molecule has 1 saturated heterocycles. The predicted molar refractivity (Wildman–Crippen MR) is 98.2 cm³/mol. The van der Waals surface area contributed by atoms with Crippen molar-refractivity contribution in [3.05, 3.63) is 30.3 Å². The number of rotatable bonds is 6. The third-order valence-electron chi connectivity index (χ3n) is 4.08. The number of piperidine rings is 1. The second-order valence-corrected chi connectivity index (χ2v) is 7.44. The molecule has 0 spiro atoms. The van der Waals surface area contributed by atoms with Gasteiger partial charge in [-0.3, -0.25) is 4.79 Å². The van der Waals surface area contributed by atoms with E-state index in [4.69, 9.17) is 0 Å². The van der Waals surface area contributed by atoms with Crippen LogP contribution < -0.4 is 5.32 Å². The summed E-state index contributed by atoms with van der Waals surface area (Å²) in [4.78, 5) is 28.9. The Kier molecular flexibility index (Phi) is 7.43. The highest BCUT2D eigenvalue weighted by Gasteiger charge is 2.28. The molecule has 1 N–H and O–H groups in total. The summed E-state index contributed by atoms with van der Waals surface area (Å²) in [7, 11) is 3.49. The first-order valence-corrected chi connectivity index (χ1v) is 9.48. The molecule has 1 aromatic carbocycles. The highest BCUT2D eigenvalue weighted by Crippen LogP contribution is 2.19. The fourth-order valence-electron chi connectivity index (χ4n) is 2.78. The van der Waals surface area contributed by atoms with Gasteiger partial charge in [-0.05, 0) is 37.1 Å². The number of amides is 3. The summed E-state index contributed by atoms with van der Waals surface area (Å²) in [5.41, 5.74) is 0. The van der Waals surface area contributed by atoms with E-state index in [9.17, 15) is 9.59 Å². The number of nitrogens with one attached hydrogen (secondary N) is 1. The second-order valence-electron chi connectivity index (χ2n) is 6.27. The highest BCUT2D eigenvalue weighted by molar-refractivity contribution is 7.99. The molecule has 0 aromatic heterocycles. The van der Waals surface area contributed by atoms with Crippen LogP contribution in [0.15, 0.2) is 35.2 Å². The summed E-state index contributed by atoms with van der Waals surface area (Å²) in [6.45, 7) is 1.97. The number of carbonyl (C=O) groups is 2. The van der Waals surface area contributed by atoms with Gasteiger partial charge < -0.3 is 15.1 Å². The van der Waals surface area contributed by atoms with Gasteiger partial charge in [-0.25, -0.2) is 4.79 Å². The van der Waals surface area contributed by atoms with Crippen LogP contribution in [-0.4, -0.2) is 61.2 Å². The molecule has 3 amide bonds. The number of nitrogens with zero attached hydrogens (tertiary/aromatic N) is 2. The molecule has 2 rings (SSSR count). The zero-order valence-corrected chi connectivity index (χ0v) is 15.3. The van der Waals surface area contributed by atoms with E-state index in [1.807, 2.05) is 18.2 Å². The van der Waals surface area contributed by atoms with Gasteiger partial charge in [-0.15, -0.1) is 11.8 Å². The standard InChI is InChI=1S/C18H27N3O2S/c1-20(2)18(23)21-12-6-8-15(14-21)17(22)19-11-7-13-24-16-9-4-3-5-10-16/h3-5,9-10,15H,6-8,11-14H2,1-2H3,(H,19,22)/t15-/m1/s1. The number of carbonyl (C=O) groups excluding carboxylic acids is 2. The molecule has 24 heavy (non-hydrogen) atoms. The Morgan fingerprint density at radius 2 is 2.04 bits per heavy atom. The molecule has 1 atom stereocenters. The molecule has 5 nitrogen and oxygen atoms in total. The zero-order chi connectivity index (χ0) is 17.4. The van der Waals surface area contributed by atoms with Crippen LogP contribution in [0.2, 0.25) is 0 Å². The fourth-order valence-corrected chi connectivity index (χ4v) is 3.66. The van der Waals surface area contributed by atoms with Crippen LogP contribution in [-0.2, 0) is 4.79 Å². The van der Waals surface area contributed by atoms with Crippen LogP contribution in [0.25, 0.3) is 0 Å². The Morgan fingerprint density at radius 1 is 1.29 bits per heavy atom. The minimum absolute atomic E-state index is 0.00763. The molecule has 0 bridgehead atoms. The van der Waals surface area contributed by atoms with Crippen molar-refractivity contribution in [2.24, 2.45) is 5.92 Å². The first-order chi connectivity index (χ1) is 11.6. The monoisotopic (exact) mass is 349 g/mol. The van der Waals surface area contributed by atoms with Gasteiger partial charge in [0.15, 0.2) is 0 Å². The summed E-state index contributed by atoms with van der Waals surface area (Å²) >= 11 is 1.81. The van der Waals surface area contributed by atoms with E-state index in [0.717, 1.165) is 31.6 Å². The Hall–Kier alpha value is -1.69. The molecule has 0 aliphatic carbocycles. The number of hydrogen-bond donors (Lipinski definition) is 1. The Bertz CT molecular complexity index is 536. The number of thioether (sulfide) groups is 1. The summed E-state index contributed by atoms with van der Waals surface area (Å²) in [6.07, 6.45) is 2.70. The Labute approximate surface area is 148 Å². The topological polar surface area (TPSA) is 52.7 Å². The van der Waals surface area contributed by atoms with Gasteiger partial charge in [0.05, 0.1) is 5.92 Å². The van der Waals surface area contributed by atoms with E-state index >= 15 is 0 Å². The van der Waals surface area contributed by atoms with Crippen molar-refractivity contribution in [3.63, 3.8) is 0 Å². The van der Waals surface area contributed by atoms with Crippen molar-refractivity contribution in [2.75, 3.05) is 39.5 Å². The maximum atomic E-state index is 12.3. The third kappa shape index (κ3) is 5.74. The molecule has 1 aliphatic rings. The lowest BCUT2D eigenvalue weighted by Crippen LogP contribution is -2.48. The molecule has 0 saturated carbocycles. The molecule has 0 radical (unpaired) electrons. The van der Waals surface area contributed by atoms with E-state index in [0.29, 0.717) is 13.1 Å². The largest absolute Gasteiger partial charge is 0.356 e. The van der Waals surface area contributed by atoms with E-state index in [-0.39, 0.29) is 17.9 Å². The van der Waals surface area contributed by atoms with Crippen molar-refractivity contribution >= 4 is 23.7 Å².